The van der Waals surface area contributed by atoms with E-state index in [-0.39, 0.29) is 25.6 Å². The summed E-state index contributed by atoms with van der Waals surface area (Å²) in [6.45, 7) is 10.3. The van der Waals surface area contributed by atoms with Crippen molar-refractivity contribution in [2.75, 3.05) is 19.8 Å². The highest BCUT2D eigenvalue weighted by Crippen LogP contribution is 2.32. The van der Waals surface area contributed by atoms with Crippen molar-refractivity contribution < 1.29 is 19.0 Å². The number of esters is 1. The molecule has 2 aromatic carbocycles. The molecule has 0 spiro atoms. The maximum Gasteiger partial charge on any atom is 0.362 e. The average Bonchev–Trinajstić information content (AvgIpc) is 3.72. The first-order chi connectivity index (χ1) is 19.7. The summed E-state index contributed by atoms with van der Waals surface area (Å²) in [5.41, 5.74) is 1.63. The lowest BCUT2D eigenvalue weighted by atomic mass is 10.2. The maximum absolute atomic E-state index is 13.1. The van der Waals surface area contributed by atoms with E-state index in [1.165, 1.54) is 0 Å². The van der Waals surface area contributed by atoms with Gasteiger partial charge in [-0.3, -0.25) is 9.48 Å². The van der Waals surface area contributed by atoms with Crippen LogP contribution in [0.2, 0.25) is 25.7 Å². The van der Waals surface area contributed by atoms with Gasteiger partial charge in [-0.15, -0.1) is 0 Å². The van der Waals surface area contributed by atoms with Crippen LogP contribution in [0.3, 0.4) is 0 Å². The van der Waals surface area contributed by atoms with Gasteiger partial charge in [0.25, 0.3) is 0 Å². The Morgan fingerprint density at radius 3 is 2.66 bits per heavy atom. The van der Waals surface area contributed by atoms with E-state index in [0.717, 1.165) is 24.4 Å². The number of hydrogen-bond donors (Lipinski definition) is 0. The molecule has 1 aliphatic rings. The first-order valence-corrected chi connectivity index (χ1v) is 17.7. The third-order valence-corrected chi connectivity index (χ3v) is 8.76. The molecular formula is C30H35N5O5Si. The molecule has 2 heterocycles. The Kier molecular flexibility index (Phi) is 8.24. The SMILES string of the molecule is CCOC(=O)c1nn(Cc2nc3cc(C#N)c(OCC4CC4)cc3n2COCC[Si](C)(C)C)c2ccccc2c1=O. The average molecular weight is 574 g/mol. The van der Waals surface area contributed by atoms with Gasteiger partial charge in [-0.05, 0) is 49.9 Å². The molecule has 0 unspecified atom stereocenters. The highest BCUT2D eigenvalue weighted by Gasteiger charge is 2.24. The highest BCUT2D eigenvalue weighted by molar-refractivity contribution is 6.76. The molecule has 1 saturated carbocycles. The van der Waals surface area contributed by atoms with Crippen LogP contribution in [0.4, 0.5) is 0 Å². The summed E-state index contributed by atoms with van der Waals surface area (Å²) >= 11 is 0. The van der Waals surface area contributed by atoms with Crippen LogP contribution in [0.25, 0.3) is 21.9 Å². The summed E-state index contributed by atoms with van der Waals surface area (Å²) in [6.07, 6.45) is 2.29. The van der Waals surface area contributed by atoms with Gasteiger partial charge < -0.3 is 18.8 Å². The van der Waals surface area contributed by atoms with E-state index in [9.17, 15) is 14.9 Å². The van der Waals surface area contributed by atoms with Gasteiger partial charge in [-0.25, -0.2) is 9.78 Å². The molecule has 1 fully saturated rings. The largest absolute Gasteiger partial charge is 0.492 e. The number of nitrogens with zero attached hydrogens (tertiary/aromatic N) is 5. The summed E-state index contributed by atoms with van der Waals surface area (Å²) in [7, 11) is -1.30. The van der Waals surface area contributed by atoms with Gasteiger partial charge >= 0.3 is 5.97 Å². The second kappa shape index (κ2) is 11.8. The van der Waals surface area contributed by atoms with Crippen molar-refractivity contribution in [2.24, 2.45) is 5.92 Å². The molecule has 11 heteroatoms. The second-order valence-electron chi connectivity index (χ2n) is 11.6. The van der Waals surface area contributed by atoms with Crippen LogP contribution in [0.5, 0.6) is 5.75 Å². The highest BCUT2D eigenvalue weighted by atomic mass is 28.3. The van der Waals surface area contributed by atoms with Crippen molar-refractivity contribution in [1.29, 1.82) is 5.26 Å². The van der Waals surface area contributed by atoms with E-state index in [1.54, 1.807) is 35.9 Å². The molecule has 2 aromatic heterocycles. The lowest BCUT2D eigenvalue weighted by molar-refractivity contribution is 0.0515. The Balaban J connectivity index is 1.59. The fourth-order valence-corrected chi connectivity index (χ4v) is 5.28. The van der Waals surface area contributed by atoms with Crippen LogP contribution >= 0.6 is 0 Å². The van der Waals surface area contributed by atoms with E-state index < -0.39 is 19.5 Å². The van der Waals surface area contributed by atoms with Gasteiger partial charge in [0.1, 0.15) is 24.4 Å². The summed E-state index contributed by atoms with van der Waals surface area (Å²) < 4.78 is 20.8. The number of hydrogen-bond acceptors (Lipinski definition) is 8. The van der Waals surface area contributed by atoms with Crippen molar-refractivity contribution in [1.82, 2.24) is 19.3 Å². The number of benzene rings is 2. The minimum absolute atomic E-state index is 0.129. The number of carbonyl (C=O) groups is 1. The number of imidazole rings is 1. The fraction of sp³-hybridized carbons (Fsp3) is 0.433. The van der Waals surface area contributed by atoms with Crippen molar-refractivity contribution in [3.8, 4) is 11.8 Å². The van der Waals surface area contributed by atoms with E-state index >= 15 is 0 Å². The third kappa shape index (κ3) is 6.50. The van der Waals surface area contributed by atoms with Crippen molar-refractivity contribution in [3.05, 3.63) is 63.7 Å². The zero-order chi connectivity index (χ0) is 29.1. The molecule has 0 saturated heterocycles. The number of aromatic nitrogens is 4. The first kappa shape index (κ1) is 28.5. The maximum atomic E-state index is 13.1. The Morgan fingerprint density at radius 2 is 1.95 bits per heavy atom. The standard InChI is InChI=1S/C30H35N5O5Si/c1-5-39-30(37)28-29(36)22-8-6-7-9-24(22)35(33-28)17-27-32-23-14-21(16-31)26(40-18-20-10-11-20)15-25(23)34(27)19-38-12-13-41(2,3)4/h6-9,14-15,20H,5,10-13,17-19H2,1-4H3. The molecule has 10 nitrogen and oxygen atoms in total. The van der Waals surface area contributed by atoms with Gasteiger partial charge in [0.2, 0.25) is 11.1 Å². The van der Waals surface area contributed by atoms with E-state index in [2.05, 4.69) is 30.8 Å². The molecule has 41 heavy (non-hydrogen) atoms. The summed E-state index contributed by atoms with van der Waals surface area (Å²) in [5, 5.41) is 14.6. The predicted octanol–water partition coefficient (Wildman–Crippen LogP) is 4.94. The molecule has 0 bridgehead atoms. The minimum atomic E-state index is -1.30. The number of nitriles is 1. The van der Waals surface area contributed by atoms with Gasteiger partial charge in [0.05, 0.1) is 41.9 Å². The summed E-state index contributed by atoms with van der Waals surface area (Å²) in [5.74, 6) is 0.901. The number of fused-ring (bicyclic) bond motifs is 2. The van der Waals surface area contributed by atoms with Crippen LogP contribution < -0.4 is 10.2 Å². The van der Waals surface area contributed by atoms with Crippen molar-refractivity contribution in [2.45, 2.75) is 58.7 Å². The van der Waals surface area contributed by atoms with E-state index in [0.29, 0.717) is 52.7 Å². The smallest absolute Gasteiger partial charge is 0.362 e. The Labute approximate surface area is 239 Å². The monoisotopic (exact) mass is 573 g/mol. The molecular weight excluding hydrogens is 538 g/mol. The van der Waals surface area contributed by atoms with Crippen LogP contribution in [0.1, 0.15) is 41.6 Å². The Hall–Kier alpha value is -4.01. The lowest BCUT2D eigenvalue weighted by Gasteiger charge is -2.17. The lowest BCUT2D eigenvalue weighted by Crippen LogP contribution is -2.25. The number of rotatable bonds is 12. The molecule has 5 rings (SSSR count). The molecule has 0 atom stereocenters. The Bertz CT molecular complexity index is 1690. The first-order valence-electron chi connectivity index (χ1n) is 14.0. The molecule has 214 valence electrons. The molecule has 0 amide bonds. The zero-order valence-electron chi connectivity index (χ0n) is 24.0. The van der Waals surface area contributed by atoms with Crippen LogP contribution in [-0.4, -0.2) is 53.2 Å². The van der Waals surface area contributed by atoms with Gasteiger partial charge in [-0.1, -0.05) is 31.8 Å². The molecule has 0 radical (unpaired) electrons. The van der Waals surface area contributed by atoms with Crippen molar-refractivity contribution in [3.63, 3.8) is 0 Å². The van der Waals surface area contributed by atoms with Gasteiger partial charge in [0.15, 0.2) is 0 Å². The van der Waals surface area contributed by atoms with Crippen LogP contribution in [0, 0.1) is 17.2 Å². The van der Waals surface area contributed by atoms with Crippen LogP contribution in [-0.2, 0) is 22.7 Å². The van der Waals surface area contributed by atoms with Gasteiger partial charge in [0, 0.05) is 26.1 Å². The summed E-state index contributed by atoms with van der Waals surface area (Å²) in [4.78, 5) is 30.6. The van der Waals surface area contributed by atoms with Gasteiger partial charge in [-0.2, -0.15) is 10.4 Å². The Morgan fingerprint density at radius 1 is 1.17 bits per heavy atom. The number of carbonyl (C=O) groups excluding carboxylic acids is 1. The molecule has 4 aromatic rings. The summed E-state index contributed by atoms with van der Waals surface area (Å²) in [6, 6.07) is 13.9. The predicted molar refractivity (Wildman–Crippen MR) is 158 cm³/mol. The molecule has 0 aliphatic heterocycles. The topological polar surface area (TPSA) is 121 Å². The number of ether oxygens (including phenoxy) is 3. The fourth-order valence-electron chi connectivity index (χ4n) is 4.53. The second-order valence-corrected chi connectivity index (χ2v) is 17.2. The van der Waals surface area contributed by atoms with Crippen LogP contribution in [0.15, 0.2) is 41.2 Å². The quantitative estimate of drug-likeness (QED) is 0.133. The number of para-hydroxylation sites is 1. The molecule has 0 N–H and O–H groups in total. The van der Waals surface area contributed by atoms with E-state index in [1.807, 2.05) is 16.7 Å². The van der Waals surface area contributed by atoms with E-state index in [4.69, 9.17) is 19.2 Å². The zero-order valence-corrected chi connectivity index (χ0v) is 25.0. The minimum Gasteiger partial charge on any atom is -0.492 e. The third-order valence-electron chi connectivity index (χ3n) is 7.06. The molecule has 1 aliphatic carbocycles. The normalized spacial score (nSPS) is 13.4. The van der Waals surface area contributed by atoms with Crippen molar-refractivity contribution >= 4 is 36.0 Å².